The molecule has 1 aliphatic heterocycles. The van der Waals surface area contributed by atoms with Crippen LogP contribution >= 0.6 is 11.6 Å². The third kappa shape index (κ3) is 5.96. The maximum absolute atomic E-state index is 12.9. The van der Waals surface area contributed by atoms with Gasteiger partial charge in [-0.25, -0.2) is 15.0 Å². The smallest absolute Gasteiger partial charge is 0.256 e. The van der Waals surface area contributed by atoms with Gasteiger partial charge in [-0.2, -0.15) is 0 Å². The Balaban J connectivity index is 1.24. The zero-order valence-electron chi connectivity index (χ0n) is 20.8. The molecule has 0 aliphatic carbocycles. The van der Waals surface area contributed by atoms with Gasteiger partial charge in [-0.1, -0.05) is 17.7 Å². The maximum Gasteiger partial charge on any atom is 0.256 e. The fourth-order valence-electron chi connectivity index (χ4n) is 3.77. The zero-order chi connectivity index (χ0) is 26.5. The summed E-state index contributed by atoms with van der Waals surface area (Å²) < 4.78 is 0. The summed E-state index contributed by atoms with van der Waals surface area (Å²) in [4.78, 5) is 34.4. The number of aryl methyl sites for hydroxylation is 1. The molecule has 38 heavy (non-hydrogen) atoms. The van der Waals surface area contributed by atoms with E-state index in [0.29, 0.717) is 34.6 Å². The van der Waals surface area contributed by atoms with Crippen LogP contribution in [0.2, 0.25) is 5.02 Å². The molecule has 3 aromatic heterocycles. The second-order valence-corrected chi connectivity index (χ2v) is 9.06. The summed E-state index contributed by atoms with van der Waals surface area (Å²) in [6.45, 7) is 2.45. The van der Waals surface area contributed by atoms with E-state index in [0.717, 1.165) is 22.5 Å². The first-order valence-electron chi connectivity index (χ1n) is 11.9. The Labute approximate surface area is 225 Å². The van der Waals surface area contributed by atoms with Crippen LogP contribution in [0.4, 0.5) is 17.5 Å². The lowest BCUT2D eigenvalue weighted by Gasteiger charge is -2.22. The summed E-state index contributed by atoms with van der Waals surface area (Å²) in [7, 11) is 1.96. The van der Waals surface area contributed by atoms with Gasteiger partial charge in [-0.15, -0.1) is 0 Å². The van der Waals surface area contributed by atoms with Gasteiger partial charge in [0, 0.05) is 73.1 Å². The van der Waals surface area contributed by atoms with Crippen molar-refractivity contribution in [2.75, 3.05) is 17.7 Å². The molecule has 0 saturated carbocycles. The first-order valence-corrected chi connectivity index (χ1v) is 12.2. The Morgan fingerprint density at radius 2 is 1.84 bits per heavy atom. The number of amides is 1. The summed E-state index contributed by atoms with van der Waals surface area (Å²) in [5, 5.41) is 6.56. The average Bonchev–Trinajstić information content (AvgIpc) is 2.93. The zero-order valence-corrected chi connectivity index (χ0v) is 21.6. The van der Waals surface area contributed by atoms with E-state index in [1.807, 2.05) is 78.9 Å². The van der Waals surface area contributed by atoms with Crippen LogP contribution in [-0.4, -0.2) is 42.7 Å². The van der Waals surface area contributed by atoms with Crippen LogP contribution < -0.4 is 10.6 Å². The Bertz CT molecular complexity index is 1510. The summed E-state index contributed by atoms with van der Waals surface area (Å²) in [5.41, 5.74) is 4.43. The largest absolute Gasteiger partial charge is 0.354 e. The standard InChI is InChI=1S/C28H25ClN8O/c1-19-24(33-28-31-11-9-25(34-28)21-4-3-10-30-17-21)7-8-26(32-19)35-27(38)20-5-6-22(23(29)16-20)18-37-14-12-36(2)13-15-37/h3-17H,18H2,1-2H3,(H,31,33,34)(H,32,35,38). The van der Waals surface area contributed by atoms with Crippen molar-refractivity contribution in [3.63, 3.8) is 0 Å². The van der Waals surface area contributed by atoms with E-state index in [1.165, 1.54) is 0 Å². The van der Waals surface area contributed by atoms with Crippen LogP contribution in [0.3, 0.4) is 0 Å². The monoisotopic (exact) mass is 524 g/mol. The van der Waals surface area contributed by atoms with Gasteiger partial charge in [-0.3, -0.25) is 9.78 Å². The normalized spacial score (nSPS) is 12.5. The van der Waals surface area contributed by atoms with Gasteiger partial charge in [0.1, 0.15) is 5.82 Å². The van der Waals surface area contributed by atoms with Gasteiger partial charge in [-0.05, 0) is 55.0 Å². The predicted octanol–water partition coefficient (Wildman–Crippen LogP) is 5.58. The van der Waals surface area contributed by atoms with Crippen LogP contribution in [0.5, 0.6) is 0 Å². The Morgan fingerprint density at radius 3 is 2.58 bits per heavy atom. The summed E-state index contributed by atoms with van der Waals surface area (Å²) in [6, 6.07) is 14.5. The minimum atomic E-state index is -0.294. The Hall–Kier alpha value is -4.76. The molecule has 1 aliphatic rings. The molecule has 0 saturated heterocycles. The first-order chi connectivity index (χ1) is 18.4. The van der Waals surface area contributed by atoms with Crippen LogP contribution in [-0.2, 0) is 6.54 Å². The minimum absolute atomic E-state index is 0.294. The second kappa shape index (κ2) is 11.1. The number of rotatable bonds is 7. The highest BCUT2D eigenvalue weighted by Crippen LogP contribution is 2.24. The molecular formula is C28H25ClN8O. The lowest BCUT2D eigenvalue weighted by molar-refractivity contribution is 0.102. The molecule has 4 aromatic rings. The lowest BCUT2D eigenvalue weighted by atomic mass is 10.1. The third-order valence-electron chi connectivity index (χ3n) is 5.84. The molecule has 1 amide bonds. The van der Waals surface area contributed by atoms with Crippen molar-refractivity contribution in [1.29, 1.82) is 0 Å². The van der Waals surface area contributed by atoms with Gasteiger partial charge in [0.15, 0.2) is 0 Å². The molecule has 0 radical (unpaired) electrons. The number of carbonyl (C=O) groups excluding carboxylic acids is 1. The van der Waals surface area contributed by atoms with Crippen molar-refractivity contribution in [3.05, 3.63) is 114 Å². The molecule has 190 valence electrons. The van der Waals surface area contributed by atoms with Crippen molar-refractivity contribution in [2.24, 2.45) is 0 Å². The molecule has 9 nitrogen and oxygen atoms in total. The summed E-state index contributed by atoms with van der Waals surface area (Å²) >= 11 is 6.49. The molecule has 2 N–H and O–H groups in total. The predicted molar refractivity (Wildman–Crippen MR) is 149 cm³/mol. The van der Waals surface area contributed by atoms with E-state index in [2.05, 4.69) is 30.6 Å². The fraction of sp³-hybridized carbons (Fsp3) is 0.107. The van der Waals surface area contributed by atoms with Crippen LogP contribution in [0.1, 0.15) is 21.6 Å². The number of aromatic nitrogens is 4. The van der Waals surface area contributed by atoms with E-state index >= 15 is 0 Å². The average molecular weight is 525 g/mol. The lowest BCUT2D eigenvalue weighted by Crippen LogP contribution is -2.17. The van der Waals surface area contributed by atoms with Gasteiger partial charge < -0.3 is 20.4 Å². The molecule has 0 spiro atoms. The number of hydrogen-bond donors (Lipinski definition) is 2. The molecule has 0 unspecified atom stereocenters. The van der Waals surface area contributed by atoms with E-state index in [4.69, 9.17) is 11.6 Å². The van der Waals surface area contributed by atoms with Crippen LogP contribution in [0, 0.1) is 6.92 Å². The molecule has 10 heteroatoms. The Kier molecular flexibility index (Phi) is 7.28. The fourth-order valence-corrected chi connectivity index (χ4v) is 4.01. The summed E-state index contributed by atoms with van der Waals surface area (Å²) in [6.07, 6.45) is 13.0. The van der Waals surface area contributed by atoms with Gasteiger partial charge in [0.2, 0.25) is 5.95 Å². The number of anilines is 3. The number of benzene rings is 1. The minimum Gasteiger partial charge on any atom is -0.354 e. The van der Waals surface area contributed by atoms with E-state index in [9.17, 15) is 4.79 Å². The molecular weight excluding hydrogens is 500 g/mol. The number of hydrogen-bond acceptors (Lipinski definition) is 8. The molecule has 0 bridgehead atoms. The highest BCUT2D eigenvalue weighted by atomic mass is 35.5. The molecule has 5 rings (SSSR count). The summed E-state index contributed by atoms with van der Waals surface area (Å²) in [5.74, 6) is 0.569. The van der Waals surface area contributed by atoms with E-state index < -0.39 is 0 Å². The van der Waals surface area contributed by atoms with Crippen LogP contribution in [0.25, 0.3) is 11.3 Å². The molecule has 0 fully saturated rings. The van der Waals surface area contributed by atoms with Crippen molar-refractivity contribution in [1.82, 2.24) is 29.7 Å². The van der Waals surface area contributed by atoms with Crippen LogP contribution in [0.15, 0.2) is 91.9 Å². The van der Waals surface area contributed by atoms with Gasteiger partial charge in [0.25, 0.3) is 5.91 Å². The number of nitrogens with zero attached hydrogens (tertiary/aromatic N) is 6. The second-order valence-electron chi connectivity index (χ2n) is 8.66. The molecule has 4 heterocycles. The maximum atomic E-state index is 12.9. The highest BCUT2D eigenvalue weighted by molar-refractivity contribution is 6.31. The highest BCUT2D eigenvalue weighted by Gasteiger charge is 2.13. The van der Waals surface area contributed by atoms with Gasteiger partial charge >= 0.3 is 0 Å². The first kappa shape index (κ1) is 24.9. The van der Waals surface area contributed by atoms with Gasteiger partial charge in [0.05, 0.1) is 17.1 Å². The van der Waals surface area contributed by atoms with E-state index in [1.54, 1.807) is 36.8 Å². The molecule has 1 aromatic carbocycles. The number of pyridine rings is 2. The Morgan fingerprint density at radius 1 is 1.00 bits per heavy atom. The number of halogens is 1. The molecule has 0 atom stereocenters. The van der Waals surface area contributed by atoms with E-state index in [-0.39, 0.29) is 5.91 Å². The van der Waals surface area contributed by atoms with Crippen molar-refractivity contribution in [3.8, 4) is 11.3 Å². The number of carbonyl (C=O) groups is 1. The quantitative estimate of drug-likeness (QED) is 0.323. The third-order valence-corrected chi connectivity index (χ3v) is 6.19. The SMILES string of the molecule is Cc1nc(NC(=O)c2ccc(CN3C=CN(C)C=C3)c(Cl)c2)ccc1Nc1nccc(-c2cccnc2)n1. The number of nitrogens with one attached hydrogen (secondary N) is 2. The van der Waals surface area contributed by atoms with Crippen molar-refractivity contribution >= 4 is 35.0 Å². The van der Waals surface area contributed by atoms with Crippen molar-refractivity contribution < 1.29 is 4.79 Å². The van der Waals surface area contributed by atoms with Crippen molar-refractivity contribution in [2.45, 2.75) is 13.5 Å². The topological polar surface area (TPSA) is 99.2 Å².